The molecule has 1 aliphatic rings. The molecular weight excluding hydrogens is 550 g/mol. The lowest BCUT2D eigenvalue weighted by atomic mass is 10.1. The average Bonchev–Trinajstić information content (AvgIpc) is 2.85. The lowest BCUT2D eigenvalue weighted by Gasteiger charge is -2.32. The number of carbonyl (C=O) groups is 2. The number of aliphatic imine (C=N–C) groups is 1. The van der Waals surface area contributed by atoms with E-state index >= 15 is 0 Å². The van der Waals surface area contributed by atoms with Crippen molar-refractivity contribution in [2.45, 2.75) is 18.1 Å². The summed E-state index contributed by atoms with van der Waals surface area (Å²) in [6.45, 7) is 0.449. The van der Waals surface area contributed by atoms with E-state index in [1.165, 1.54) is 11.8 Å². The van der Waals surface area contributed by atoms with Gasteiger partial charge in [-0.25, -0.2) is 4.99 Å². The predicted octanol–water partition coefficient (Wildman–Crippen LogP) is 6.31. The first-order valence-electron chi connectivity index (χ1n) is 10.9. The Kier molecular flexibility index (Phi) is 8.49. The molecule has 1 N–H and O–H groups in total. The van der Waals surface area contributed by atoms with E-state index in [-0.39, 0.29) is 18.2 Å². The smallest absolute Gasteiger partial charge is 0.238 e. The number of hydrogen-bond acceptors (Lipinski definition) is 5. The third kappa shape index (κ3) is 6.87. The average molecular weight is 573 g/mol. The van der Waals surface area contributed by atoms with Gasteiger partial charge in [-0.2, -0.15) is 0 Å². The second-order valence-electron chi connectivity index (χ2n) is 7.82. The number of hydrogen-bond donors (Lipinski definition) is 1. The molecule has 3 aromatic carbocycles. The molecule has 0 aromatic heterocycles. The van der Waals surface area contributed by atoms with Crippen LogP contribution in [0.2, 0.25) is 5.02 Å². The Balaban J connectivity index is 1.54. The van der Waals surface area contributed by atoms with Crippen molar-refractivity contribution in [3.63, 3.8) is 0 Å². The Hall–Kier alpha value is -2.81. The molecule has 2 amide bonds. The summed E-state index contributed by atoms with van der Waals surface area (Å²) in [7, 11) is 1.63. The van der Waals surface area contributed by atoms with Gasteiger partial charge < -0.3 is 10.1 Å². The zero-order valence-electron chi connectivity index (χ0n) is 18.9. The van der Waals surface area contributed by atoms with Gasteiger partial charge >= 0.3 is 0 Å². The summed E-state index contributed by atoms with van der Waals surface area (Å²) in [5.41, 5.74) is 2.40. The van der Waals surface area contributed by atoms with Crippen LogP contribution in [0.4, 0.5) is 11.4 Å². The van der Waals surface area contributed by atoms with E-state index in [0.29, 0.717) is 34.5 Å². The number of methoxy groups -OCH3 is 1. The van der Waals surface area contributed by atoms with Crippen molar-refractivity contribution in [3.05, 3.63) is 87.9 Å². The lowest BCUT2D eigenvalue weighted by Crippen LogP contribution is -2.46. The van der Waals surface area contributed by atoms with Crippen LogP contribution in [-0.4, -0.2) is 40.8 Å². The number of carbonyl (C=O) groups excluding carboxylic acids is 2. The number of halogens is 2. The van der Waals surface area contributed by atoms with Crippen molar-refractivity contribution in [3.8, 4) is 5.75 Å². The maximum atomic E-state index is 13.2. The van der Waals surface area contributed by atoms with Crippen LogP contribution in [0.3, 0.4) is 0 Å². The molecule has 35 heavy (non-hydrogen) atoms. The molecular formula is C26H23BrClN3O3S. The van der Waals surface area contributed by atoms with Gasteiger partial charge in [0, 0.05) is 28.1 Å². The molecule has 9 heteroatoms. The highest BCUT2D eigenvalue weighted by Crippen LogP contribution is 2.31. The Labute approximate surface area is 221 Å². The molecule has 0 saturated carbocycles. The fourth-order valence-corrected chi connectivity index (χ4v) is 5.16. The molecule has 0 aliphatic carbocycles. The van der Waals surface area contributed by atoms with Crippen molar-refractivity contribution in [2.75, 3.05) is 19.0 Å². The molecule has 6 nitrogen and oxygen atoms in total. The van der Waals surface area contributed by atoms with Gasteiger partial charge in [0.05, 0.1) is 12.8 Å². The molecule has 4 rings (SSSR count). The number of nitrogens with zero attached hydrogens (tertiary/aromatic N) is 2. The normalized spacial score (nSPS) is 16.9. The van der Waals surface area contributed by atoms with Gasteiger partial charge in [-0.3, -0.25) is 14.5 Å². The summed E-state index contributed by atoms with van der Waals surface area (Å²) >= 11 is 10.7. The Morgan fingerprint density at radius 1 is 1.17 bits per heavy atom. The highest BCUT2D eigenvalue weighted by molar-refractivity contribution is 9.10. The van der Waals surface area contributed by atoms with Crippen LogP contribution in [0.5, 0.6) is 5.75 Å². The first kappa shape index (κ1) is 25.3. The SMILES string of the molecule is COc1ccc(CCN2C(=O)CC(C(=O)Nc3cccc(Br)c3)SC2=Nc2ccc(Cl)cc2)cc1. The molecule has 0 radical (unpaired) electrons. The fourth-order valence-electron chi connectivity index (χ4n) is 3.51. The van der Waals surface area contributed by atoms with E-state index < -0.39 is 5.25 Å². The Morgan fingerprint density at radius 3 is 2.60 bits per heavy atom. The number of anilines is 1. The number of rotatable bonds is 7. The summed E-state index contributed by atoms with van der Waals surface area (Å²) < 4.78 is 6.08. The molecule has 1 aliphatic heterocycles. The first-order valence-corrected chi connectivity index (χ1v) is 13.0. The van der Waals surface area contributed by atoms with Crippen molar-refractivity contribution in [1.82, 2.24) is 4.90 Å². The van der Waals surface area contributed by atoms with Gasteiger partial charge in [-0.05, 0) is 66.6 Å². The predicted molar refractivity (Wildman–Crippen MR) is 146 cm³/mol. The van der Waals surface area contributed by atoms with Crippen LogP contribution in [0.25, 0.3) is 0 Å². The Bertz CT molecular complexity index is 1240. The molecule has 0 spiro atoms. The molecule has 1 unspecified atom stereocenters. The minimum absolute atomic E-state index is 0.0900. The van der Waals surface area contributed by atoms with Gasteiger partial charge in [0.1, 0.15) is 11.0 Å². The summed E-state index contributed by atoms with van der Waals surface area (Å²) in [5, 5.41) is 3.40. The molecule has 1 atom stereocenters. The summed E-state index contributed by atoms with van der Waals surface area (Å²) in [5.74, 6) is 0.405. The number of amidine groups is 1. The second-order valence-corrected chi connectivity index (χ2v) is 10.3. The zero-order chi connectivity index (χ0) is 24.8. The van der Waals surface area contributed by atoms with Crippen LogP contribution in [0, 0.1) is 0 Å². The fraction of sp³-hybridized carbons (Fsp3) is 0.192. The summed E-state index contributed by atoms with van der Waals surface area (Å²) in [6.07, 6.45) is 0.734. The Morgan fingerprint density at radius 2 is 1.91 bits per heavy atom. The third-order valence-corrected chi connectivity index (χ3v) is 7.29. The quantitative estimate of drug-likeness (QED) is 0.360. The standard InChI is InChI=1S/C26H23BrClN3O3S/c1-34-22-11-5-17(6-12-22)13-14-31-24(32)16-23(25(33)29-21-4-2-3-18(27)15-21)35-26(31)30-20-9-7-19(28)8-10-20/h2-12,15,23H,13-14,16H2,1H3,(H,29,33). The van der Waals surface area contributed by atoms with E-state index in [1.54, 1.807) is 36.3 Å². The van der Waals surface area contributed by atoms with Crippen LogP contribution < -0.4 is 10.1 Å². The molecule has 0 bridgehead atoms. The van der Waals surface area contributed by atoms with Crippen molar-refractivity contribution in [2.24, 2.45) is 4.99 Å². The molecule has 1 saturated heterocycles. The van der Waals surface area contributed by atoms with Gasteiger partial charge in [0.2, 0.25) is 11.8 Å². The number of ether oxygens (including phenoxy) is 1. The largest absolute Gasteiger partial charge is 0.497 e. The maximum absolute atomic E-state index is 13.2. The first-order chi connectivity index (χ1) is 16.9. The van der Waals surface area contributed by atoms with Crippen LogP contribution >= 0.6 is 39.3 Å². The van der Waals surface area contributed by atoms with Crippen molar-refractivity contribution < 1.29 is 14.3 Å². The van der Waals surface area contributed by atoms with E-state index in [1.807, 2.05) is 48.5 Å². The number of thioether (sulfide) groups is 1. The molecule has 3 aromatic rings. The number of nitrogens with one attached hydrogen (secondary N) is 1. The summed E-state index contributed by atoms with van der Waals surface area (Å²) in [4.78, 5) is 32.6. The highest BCUT2D eigenvalue weighted by Gasteiger charge is 2.35. The monoisotopic (exact) mass is 571 g/mol. The van der Waals surface area contributed by atoms with Crippen molar-refractivity contribution >= 4 is 67.6 Å². The topological polar surface area (TPSA) is 71.0 Å². The second kappa shape index (κ2) is 11.7. The summed E-state index contributed by atoms with van der Waals surface area (Å²) in [6, 6.07) is 22.2. The van der Waals surface area contributed by atoms with Crippen LogP contribution in [0.15, 0.2) is 82.3 Å². The number of benzene rings is 3. The van der Waals surface area contributed by atoms with E-state index in [9.17, 15) is 9.59 Å². The molecule has 180 valence electrons. The van der Waals surface area contributed by atoms with Gasteiger partial charge in [0.15, 0.2) is 5.17 Å². The number of amides is 2. The maximum Gasteiger partial charge on any atom is 0.238 e. The van der Waals surface area contributed by atoms with Crippen molar-refractivity contribution in [1.29, 1.82) is 0 Å². The minimum atomic E-state index is -0.593. The van der Waals surface area contributed by atoms with E-state index in [4.69, 9.17) is 21.3 Å². The third-order valence-electron chi connectivity index (χ3n) is 5.36. The lowest BCUT2D eigenvalue weighted by molar-refractivity contribution is -0.129. The highest BCUT2D eigenvalue weighted by atomic mass is 79.9. The van der Waals surface area contributed by atoms with Crippen LogP contribution in [-0.2, 0) is 16.0 Å². The van der Waals surface area contributed by atoms with Gasteiger partial charge in [0.25, 0.3) is 0 Å². The van der Waals surface area contributed by atoms with E-state index in [0.717, 1.165) is 15.8 Å². The van der Waals surface area contributed by atoms with E-state index in [2.05, 4.69) is 21.2 Å². The molecule has 1 heterocycles. The van der Waals surface area contributed by atoms with Crippen LogP contribution in [0.1, 0.15) is 12.0 Å². The zero-order valence-corrected chi connectivity index (χ0v) is 22.1. The van der Waals surface area contributed by atoms with Gasteiger partial charge in [-0.1, -0.05) is 57.5 Å². The van der Waals surface area contributed by atoms with Gasteiger partial charge in [-0.15, -0.1) is 0 Å². The molecule has 1 fully saturated rings. The minimum Gasteiger partial charge on any atom is -0.497 e.